The molecule has 1 aliphatic rings. The van der Waals surface area contributed by atoms with Gasteiger partial charge in [-0.3, -0.25) is 0 Å². The van der Waals surface area contributed by atoms with Crippen LogP contribution in [0.5, 0.6) is 0 Å². The summed E-state index contributed by atoms with van der Waals surface area (Å²) >= 11 is 0. The van der Waals surface area contributed by atoms with Crippen molar-refractivity contribution in [3.05, 3.63) is 34.9 Å². The fourth-order valence-corrected chi connectivity index (χ4v) is 3.46. The Labute approximate surface area is 109 Å². The summed E-state index contributed by atoms with van der Waals surface area (Å²) in [5, 5.41) is 0. The molecule has 0 aromatic heterocycles. The van der Waals surface area contributed by atoms with Crippen LogP contribution in [-0.4, -0.2) is 32.0 Å². The highest BCUT2D eigenvalue weighted by Crippen LogP contribution is 2.19. The minimum Gasteiger partial charge on any atom is -0.458 e. The number of ether oxygens (including phenoxy) is 1. The number of rotatable bonds is 2. The van der Waals surface area contributed by atoms with Crippen LogP contribution in [0.3, 0.4) is 0 Å². The summed E-state index contributed by atoms with van der Waals surface area (Å²) in [6.07, 6.45) is -0.606. The number of benzene rings is 1. The van der Waals surface area contributed by atoms with Crippen molar-refractivity contribution in [2.75, 3.05) is 11.5 Å². The van der Waals surface area contributed by atoms with Crippen molar-refractivity contribution in [2.24, 2.45) is 0 Å². The van der Waals surface area contributed by atoms with Crippen LogP contribution in [0.1, 0.15) is 22.3 Å². The molecule has 4 nitrogen and oxygen atoms in total. The van der Waals surface area contributed by atoms with E-state index < -0.39 is 39.1 Å². The summed E-state index contributed by atoms with van der Waals surface area (Å²) in [7, 11) is -3.19. The molecule has 1 atom stereocenters. The first kappa shape index (κ1) is 13.9. The average molecular weight is 290 g/mol. The summed E-state index contributed by atoms with van der Waals surface area (Å²) < 4.78 is 54.1. The Hall–Kier alpha value is -1.50. The lowest BCUT2D eigenvalue weighted by Gasteiger charge is -2.11. The molecule has 0 amide bonds. The number of esters is 1. The SMILES string of the molecule is Cc1cc(F)c(C(=O)OC2CCS(=O)(=O)C2)cc1F. The third kappa shape index (κ3) is 3.09. The molecule has 19 heavy (non-hydrogen) atoms. The quantitative estimate of drug-likeness (QED) is 0.777. The van der Waals surface area contributed by atoms with Crippen LogP contribution in [-0.2, 0) is 14.6 Å². The second-order valence-electron chi connectivity index (χ2n) is 4.51. The van der Waals surface area contributed by atoms with Crippen LogP contribution in [0.4, 0.5) is 8.78 Å². The normalized spacial score (nSPS) is 21.3. The largest absolute Gasteiger partial charge is 0.458 e. The van der Waals surface area contributed by atoms with Gasteiger partial charge in [0, 0.05) is 0 Å². The maximum absolute atomic E-state index is 13.5. The zero-order valence-corrected chi connectivity index (χ0v) is 11.0. The minimum atomic E-state index is -3.19. The van der Waals surface area contributed by atoms with E-state index in [0.717, 1.165) is 12.1 Å². The topological polar surface area (TPSA) is 60.4 Å². The van der Waals surface area contributed by atoms with Gasteiger partial charge in [0.2, 0.25) is 0 Å². The standard InChI is InChI=1S/C12H12F2O4S/c1-7-4-11(14)9(5-10(7)13)12(15)18-8-2-3-19(16,17)6-8/h4-5,8H,2-3,6H2,1H3. The number of sulfone groups is 1. The second-order valence-corrected chi connectivity index (χ2v) is 6.74. The summed E-state index contributed by atoms with van der Waals surface area (Å²) in [5.74, 6) is -2.97. The molecule has 0 N–H and O–H groups in total. The number of carbonyl (C=O) groups is 1. The van der Waals surface area contributed by atoms with Gasteiger partial charge in [-0.05, 0) is 31.0 Å². The number of halogens is 2. The van der Waals surface area contributed by atoms with Crippen molar-refractivity contribution in [2.45, 2.75) is 19.4 Å². The zero-order valence-electron chi connectivity index (χ0n) is 10.2. The van der Waals surface area contributed by atoms with Gasteiger partial charge >= 0.3 is 5.97 Å². The lowest BCUT2D eigenvalue weighted by Crippen LogP contribution is -2.20. The monoisotopic (exact) mass is 290 g/mol. The molecule has 1 saturated heterocycles. The molecule has 1 unspecified atom stereocenters. The fraction of sp³-hybridized carbons (Fsp3) is 0.417. The number of carbonyl (C=O) groups excluding carboxylic acids is 1. The van der Waals surface area contributed by atoms with Gasteiger partial charge in [-0.2, -0.15) is 0 Å². The smallest absolute Gasteiger partial charge is 0.341 e. The average Bonchev–Trinajstić information content (AvgIpc) is 2.63. The van der Waals surface area contributed by atoms with Gasteiger partial charge in [-0.25, -0.2) is 22.0 Å². The van der Waals surface area contributed by atoms with Crippen LogP contribution in [0, 0.1) is 18.6 Å². The molecule has 7 heteroatoms. The molecular formula is C12H12F2O4S. The molecule has 1 aromatic carbocycles. The van der Waals surface area contributed by atoms with E-state index in [1.54, 1.807) is 0 Å². The Morgan fingerprint density at radius 1 is 1.32 bits per heavy atom. The van der Waals surface area contributed by atoms with Gasteiger partial charge in [0.25, 0.3) is 0 Å². The molecule has 0 aliphatic carbocycles. The van der Waals surface area contributed by atoms with E-state index in [4.69, 9.17) is 4.74 Å². The summed E-state index contributed by atoms with van der Waals surface area (Å²) in [6.45, 7) is 1.37. The highest BCUT2D eigenvalue weighted by molar-refractivity contribution is 7.91. The van der Waals surface area contributed by atoms with Crippen molar-refractivity contribution in [3.8, 4) is 0 Å². The van der Waals surface area contributed by atoms with Gasteiger partial charge in [-0.15, -0.1) is 0 Å². The van der Waals surface area contributed by atoms with Crippen LogP contribution in [0.2, 0.25) is 0 Å². The first-order chi connectivity index (χ1) is 8.78. The van der Waals surface area contributed by atoms with E-state index in [0.29, 0.717) is 0 Å². The van der Waals surface area contributed by atoms with Crippen molar-refractivity contribution < 1.29 is 26.7 Å². The van der Waals surface area contributed by atoms with Crippen LogP contribution in [0.25, 0.3) is 0 Å². The predicted molar refractivity (Wildman–Crippen MR) is 63.6 cm³/mol. The van der Waals surface area contributed by atoms with Crippen molar-refractivity contribution in [1.82, 2.24) is 0 Å². The number of hydrogen-bond donors (Lipinski definition) is 0. The molecule has 2 rings (SSSR count). The van der Waals surface area contributed by atoms with E-state index in [9.17, 15) is 22.0 Å². The van der Waals surface area contributed by atoms with Gasteiger partial charge < -0.3 is 4.74 Å². The van der Waals surface area contributed by atoms with Crippen LogP contribution < -0.4 is 0 Å². The molecule has 1 fully saturated rings. The maximum Gasteiger partial charge on any atom is 0.341 e. The summed E-state index contributed by atoms with van der Waals surface area (Å²) in [4.78, 5) is 11.7. The number of hydrogen-bond acceptors (Lipinski definition) is 4. The summed E-state index contributed by atoms with van der Waals surface area (Å²) in [5.41, 5.74) is -0.440. The van der Waals surface area contributed by atoms with Crippen molar-refractivity contribution in [1.29, 1.82) is 0 Å². The van der Waals surface area contributed by atoms with Crippen LogP contribution in [0.15, 0.2) is 12.1 Å². The lowest BCUT2D eigenvalue weighted by molar-refractivity contribution is 0.0350. The van der Waals surface area contributed by atoms with E-state index >= 15 is 0 Å². The Bertz CT molecular complexity index is 625. The molecule has 104 valence electrons. The fourth-order valence-electron chi connectivity index (χ4n) is 1.87. The van der Waals surface area contributed by atoms with Gasteiger partial charge in [0.05, 0.1) is 17.1 Å². The Morgan fingerprint density at radius 2 is 2.00 bits per heavy atom. The van der Waals surface area contributed by atoms with E-state index in [2.05, 4.69) is 0 Å². The second kappa shape index (κ2) is 4.88. The van der Waals surface area contributed by atoms with E-state index in [1.807, 2.05) is 0 Å². The van der Waals surface area contributed by atoms with Crippen molar-refractivity contribution >= 4 is 15.8 Å². The van der Waals surface area contributed by atoms with Crippen LogP contribution >= 0.6 is 0 Å². The third-order valence-electron chi connectivity index (χ3n) is 2.93. The van der Waals surface area contributed by atoms with Crippen molar-refractivity contribution in [3.63, 3.8) is 0 Å². The molecule has 1 heterocycles. The highest BCUT2D eigenvalue weighted by Gasteiger charge is 2.31. The Morgan fingerprint density at radius 3 is 2.58 bits per heavy atom. The highest BCUT2D eigenvalue weighted by atomic mass is 32.2. The first-order valence-corrected chi connectivity index (χ1v) is 7.48. The predicted octanol–water partition coefficient (Wildman–Crippen LogP) is 1.62. The molecule has 1 aliphatic heterocycles. The van der Waals surface area contributed by atoms with Gasteiger partial charge in [0.15, 0.2) is 9.84 Å². The van der Waals surface area contributed by atoms with E-state index in [1.165, 1.54) is 6.92 Å². The molecular weight excluding hydrogens is 278 g/mol. The molecule has 1 aromatic rings. The summed E-state index contributed by atoms with van der Waals surface area (Å²) in [6, 6.07) is 1.66. The molecule has 0 saturated carbocycles. The zero-order chi connectivity index (χ0) is 14.2. The molecule has 0 spiro atoms. The maximum atomic E-state index is 13.5. The third-order valence-corrected chi connectivity index (χ3v) is 4.67. The Balaban J connectivity index is 2.15. The number of aryl methyl sites for hydroxylation is 1. The Kier molecular flexibility index (Phi) is 3.58. The lowest BCUT2D eigenvalue weighted by atomic mass is 10.1. The van der Waals surface area contributed by atoms with E-state index in [-0.39, 0.29) is 23.5 Å². The molecule has 0 radical (unpaired) electrons. The van der Waals surface area contributed by atoms with Gasteiger partial charge in [-0.1, -0.05) is 0 Å². The van der Waals surface area contributed by atoms with Gasteiger partial charge in [0.1, 0.15) is 17.7 Å². The first-order valence-electron chi connectivity index (χ1n) is 5.65. The molecule has 0 bridgehead atoms. The minimum absolute atomic E-state index is 0.0598.